The lowest BCUT2D eigenvalue weighted by atomic mass is 9.87. The molecule has 1 unspecified atom stereocenters. The molecule has 0 radical (unpaired) electrons. The zero-order valence-electron chi connectivity index (χ0n) is 16.1. The van der Waals surface area contributed by atoms with Gasteiger partial charge in [-0.15, -0.1) is 0 Å². The van der Waals surface area contributed by atoms with Crippen LogP contribution in [0.1, 0.15) is 40.5 Å². The van der Waals surface area contributed by atoms with E-state index in [1.165, 1.54) is 0 Å². The molecule has 0 spiro atoms. The van der Waals surface area contributed by atoms with Crippen molar-refractivity contribution >= 4 is 5.91 Å². The molecule has 1 atom stereocenters. The molecule has 0 bridgehead atoms. The maximum Gasteiger partial charge on any atom is 0.261 e. The minimum atomic E-state index is -0.335. The molecule has 1 aromatic carbocycles. The summed E-state index contributed by atoms with van der Waals surface area (Å²) in [6, 6.07) is 7.42. The number of aromatic amines is 1. The SMILES string of the molecule is COc1ccc(CCNC(=O)c2cc3c([nH]c2=O)CCC(C)C3)cc1OC. The molecule has 144 valence electrons. The average molecular weight is 370 g/mol. The molecule has 3 rings (SSSR count). The number of benzene rings is 1. The van der Waals surface area contributed by atoms with E-state index in [2.05, 4.69) is 17.2 Å². The predicted molar refractivity (Wildman–Crippen MR) is 104 cm³/mol. The highest BCUT2D eigenvalue weighted by Gasteiger charge is 2.20. The third-order valence-electron chi connectivity index (χ3n) is 5.06. The van der Waals surface area contributed by atoms with E-state index in [0.29, 0.717) is 30.4 Å². The second-order valence-corrected chi connectivity index (χ2v) is 7.06. The van der Waals surface area contributed by atoms with Crippen LogP contribution in [-0.4, -0.2) is 31.7 Å². The minimum Gasteiger partial charge on any atom is -0.493 e. The molecule has 1 aliphatic rings. The molecule has 0 saturated heterocycles. The summed E-state index contributed by atoms with van der Waals surface area (Å²) < 4.78 is 10.5. The van der Waals surface area contributed by atoms with Crippen molar-refractivity contribution in [3.63, 3.8) is 0 Å². The third-order valence-corrected chi connectivity index (χ3v) is 5.06. The number of hydrogen-bond donors (Lipinski definition) is 2. The Labute approximate surface area is 158 Å². The van der Waals surface area contributed by atoms with Gasteiger partial charge >= 0.3 is 0 Å². The molecule has 2 N–H and O–H groups in total. The maximum atomic E-state index is 12.5. The van der Waals surface area contributed by atoms with Crippen molar-refractivity contribution in [2.45, 2.75) is 32.6 Å². The van der Waals surface area contributed by atoms with Gasteiger partial charge in [-0.2, -0.15) is 0 Å². The Balaban J connectivity index is 1.65. The number of rotatable bonds is 6. The number of carbonyl (C=O) groups excluding carboxylic acids is 1. The van der Waals surface area contributed by atoms with Crippen LogP contribution in [0, 0.1) is 5.92 Å². The molecular weight excluding hydrogens is 344 g/mol. The Kier molecular flexibility index (Phi) is 5.84. The Morgan fingerprint density at radius 1 is 1.22 bits per heavy atom. The zero-order chi connectivity index (χ0) is 19.4. The molecule has 1 aromatic heterocycles. The first-order chi connectivity index (χ1) is 13.0. The summed E-state index contributed by atoms with van der Waals surface area (Å²) in [6.07, 6.45) is 3.47. The van der Waals surface area contributed by atoms with Gasteiger partial charge in [-0.05, 0) is 60.9 Å². The zero-order valence-corrected chi connectivity index (χ0v) is 16.1. The van der Waals surface area contributed by atoms with E-state index >= 15 is 0 Å². The Morgan fingerprint density at radius 2 is 2.00 bits per heavy atom. The first-order valence-corrected chi connectivity index (χ1v) is 9.26. The Morgan fingerprint density at radius 3 is 2.74 bits per heavy atom. The van der Waals surface area contributed by atoms with Crippen LogP contribution >= 0.6 is 0 Å². The first kappa shape index (κ1) is 19.0. The molecule has 0 fully saturated rings. The quantitative estimate of drug-likeness (QED) is 0.819. The lowest BCUT2D eigenvalue weighted by Gasteiger charge is -2.21. The maximum absolute atomic E-state index is 12.5. The number of amides is 1. The van der Waals surface area contributed by atoms with Gasteiger partial charge in [0.05, 0.1) is 14.2 Å². The molecule has 6 heteroatoms. The van der Waals surface area contributed by atoms with Gasteiger partial charge in [0.2, 0.25) is 0 Å². The molecule has 0 aliphatic heterocycles. The number of pyridine rings is 1. The molecule has 6 nitrogen and oxygen atoms in total. The summed E-state index contributed by atoms with van der Waals surface area (Å²) in [7, 11) is 3.18. The van der Waals surface area contributed by atoms with Crippen molar-refractivity contribution in [2.24, 2.45) is 5.92 Å². The van der Waals surface area contributed by atoms with E-state index in [-0.39, 0.29) is 17.0 Å². The van der Waals surface area contributed by atoms with Gasteiger partial charge in [0, 0.05) is 12.2 Å². The topological polar surface area (TPSA) is 80.4 Å². The lowest BCUT2D eigenvalue weighted by molar-refractivity contribution is 0.0952. The number of methoxy groups -OCH3 is 2. The van der Waals surface area contributed by atoms with E-state index in [4.69, 9.17) is 9.47 Å². The number of H-pyrrole nitrogens is 1. The van der Waals surface area contributed by atoms with Crippen molar-refractivity contribution in [1.29, 1.82) is 0 Å². The average Bonchev–Trinajstić information content (AvgIpc) is 2.67. The number of fused-ring (bicyclic) bond motifs is 1. The van der Waals surface area contributed by atoms with Crippen LogP contribution in [0.2, 0.25) is 0 Å². The highest BCUT2D eigenvalue weighted by atomic mass is 16.5. The van der Waals surface area contributed by atoms with Gasteiger partial charge in [-0.1, -0.05) is 13.0 Å². The van der Waals surface area contributed by atoms with Crippen LogP contribution in [0.4, 0.5) is 0 Å². The summed E-state index contributed by atoms with van der Waals surface area (Å²) in [5.41, 5.74) is 2.95. The highest BCUT2D eigenvalue weighted by Crippen LogP contribution is 2.27. The molecular formula is C21H26N2O4. The van der Waals surface area contributed by atoms with E-state index in [1.807, 2.05) is 18.2 Å². The number of carbonyl (C=O) groups is 1. The number of hydrogen-bond acceptors (Lipinski definition) is 4. The predicted octanol–water partition coefficient (Wildman–Crippen LogP) is 2.49. The molecule has 1 heterocycles. The van der Waals surface area contributed by atoms with Gasteiger partial charge in [-0.25, -0.2) is 0 Å². The van der Waals surface area contributed by atoms with E-state index in [1.54, 1.807) is 20.3 Å². The monoisotopic (exact) mass is 370 g/mol. The summed E-state index contributed by atoms with van der Waals surface area (Å²) in [5.74, 6) is 1.56. The summed E-state index contributed by atoms with van der Waals surface area (Å²) in [5, 5.41) is 2.84. The minimum absolute atomic E-state index is 0.190. The fourth-order valence-corrected chi connectivity index (χ4v) is 3.51. The number of nitrogens with one attached hydrogen (secondary N) is 2. The normalized spacial score (nSPS) is 15.7. The second-order valence-electron chi connectivity index (χ2n) is 7.06. The first-order valence-electron chi connectivity index (χ1n) is 9.26. The van der Waals surface area contributed by atoms with E-state index in [0.717, 1.165) is 36.1 Å². The largest absolute Gasteiger partial charge is 0.493 e. The van der Waals surface area contributed by atoms with Crippen LogP contribution in [0.15, 0.2) is 29.1 Å². The molecule has 1 aliphatic carbocycles. The Bertz CT molecular complexity index is 888. The van der Waals surface area contributed by atoms with E-state index < -0.39 is 0 Å². The lowest BCUT2D eigenvalue weighted by Crippen LogP contribution is -2.32. The van der Waals surface area contributed by atoms with Crippen molar-refractivity contribution < 1.29 is 14.3 Å². The van der Waals surface area contributed by atoms with Crippen molar-refractivity contribution in [3.05, 3.63) is 57.0 Å². The van der Waals surface area contributed by atoms with Gasteiger partial charge in [0.15, 0.2) is 11.5 Å². The van der Waals surface area contributed by atoms with Crippen LogP contribution in [0.25, 0.3) is 0 Å². The molecule has 27 heavy (non-hydrogen) atoms. The van der Waals surface area contributed by atoms with Crippen LogP contribution in [-0.2, 0) is 19.3 Å². The van der Waals surface area contributed by atoms with Gasteiger partial charge < -0.3 is 19.8 Å². The van der Waals surface area contributed by atoms with Crippen molar-refractivity contribution in [1.82, 2.24) is 10.3 Å². The van der Waals surface area contributed by atoms with Crippen LogP contribution < -0.4 is 20.3 Å². The van der Waals surface area contributed by atoms with Gasteiger partial charge in [-0.3, -0.25) is 9.59 Å². The number of ether oxygens (including phenoxy) is 2. The van der Waals surface area contributed by atoms with Crippen molar-refractivity contribution in [2.75, 3.05) is 20.8 Å². The highest BCUT2D eigenvalue weighted by molar-refractivity contribution is 5.94. The fraction of sp³-hybridized carbons (Fsp3) is 0.429. The standard InChI is InChI=1S/C21H26N2O4/c1-13-4-6-17-15(10-13)12-16(21(25)23-17)20(24)22-9-8-14-5-7-18(26-2)19(11-14)27-3/h5,7,11-13H,4,6,8-10H2,1-3H3,(H,22,24)(H,23,25). The fourth-order valence-electron chi connectivity index (χ4n) is 3.51. The summed E-state index contributed by atoms with van der Waals surface area (Å²) in [4.78, 5) is 27.6. The summed E-state index contributed by atoms with van der Waals surface area (Å²) in [6.45, 7) is 2.62. The number of aryl methyl sites for hydroxylation is 1. The Hall–Kier alpha value is -2.76. The van der Waals surface area contributed by atoms with Crippen molar-refractivity contribution in [3.8, 4) is 11.5 Å². The summed E-state index contributed by atoms with van der Waals surface area (Å²) >= 11 is 0. The number of aromatic nitrogens is 1. The van der Waals surface area contributed by atoms with Crippen LogP contribution in [0.5, 0.6) is 11.5 Å². The smallest absolute Gasteiger partial charge is 0.261 e. The second kappa shape index (κ2) is 8.29. The van der Waals surface area contributed by atoms with Gasteiger partial charge in [0.25, 0.3) is 11.5 Å². The van der Waals surface area contributed by atoms with E-state index in [9.17, 15) is 9.59 Å². The molecule has 1 amide bonds. The van der Waals surface area contributed by atoms with Gasteiger partial charge in [0.1, 0.15) is 5.56 Å². The molecule has 0 saturated carbocycles. The third kappa shape index (κ3) is 4.32. The molecule has 2 aromatic rings. The van der Waals surface area contributed by atoms with Crippen LogP contribution in [0.3, 0.4) is 0 Å².